The maximum absolute atomic E-state index is 12.1. The van der Waals surface area contributed by atoms with E-state index in [0.717, 1.165) is 19.3 Å². The van der Waals surface area contributed by atoms with E-state index in [1.54, 1.807) is 30.9 Å². The van der Waals surface area contributed by atoms with Gasteiger partial charge >= 0.3 is 6.03 Å². The van der Waals surface area contributed by atoms with Crippen LogP contribution in [0, 0.1) is 0 Å². The van der Waals surface area contributed by atoms with Gasteiger partial charge in [0, 0.05) is 18.4 Å². The number of hydrogen-bond acceptors (Lipinski definition) is 4. The molecule has 2 aromatic rings. The number of amides is 3. The number of imidazole rings is 1. The van der Waals surface area contributed by atoms with Crippen LogP contribution in [0.4, 0.5) is 4.79 Å². The van der Waals surface area contributed by atoms with Gasteiger partial charge in [-0.15, -0.1) is 0 Å². The van der Waals surface area contributed by atoms with E-state index in [2.05, 4.69) is 20.9 Å². The van der Waals surface area contributed by atoms with Crippen LogP contribution in [-0.4, -0.2) is 34.1 Å². The Morgan fingerprint density at radius 2 is 2.25 bits per heavy atom. The molecule has 2 aromatic heterocycles. The molecule has 1 aliphatic carbocycles. The first kappa shape index (κ1) is 16.1. The fourth-order valence-electron chi connectivity index (χ4n) is 2.99. The molecule has 24 heavy (non-hydrogen) atoms. The molecule has 1 fully saturated rings. The summed E-state index contributed by atoms with van der Waals surface area (Å²) >= 11 is 0. The van der Waals surface area contributed by atoms with E-state index in [1.807, 2.05) is 10.8 Å². The molecule has 3 amide bonds. The molecule has 3 rings (SSSR count). The SMILES string of the molecule is O=C(CNC(=O)NCc1ccco1)N[C@@H]1CCC[C@H]1n1ccnc1. The minimum atomic E-state index is -0.404. The van der Waals surface area contributed by atoms with Crippen LogP contribution in [0.2, 0.25) is 0 Å². The number of nitrogens with one attached hydrogen (secondary N) is 3. The summed E-state index contributed by atoms with van der Waals surface area (Å²) in [6.07, 6.45) is 9.97. The van der Waals surface area contributed by atoms with E-state index in [4.69, 9.17) is 4.42 Å². The van der Waals surface area contributed by atoms with Crippen LogP contribution in [0.25, 0.3) is 0 Å². The predicted molar refractivity (Wildman–Crippen MR) is 86.0 cm³/mol. The Hall–Kier alpha value is -2.77. The fraction of sp³-hybridized carbons (Fsp3) is 0.438. The monoisotopic (exact) mass is 331 g/mol. The van der Waals surface area contributed by atoms with Crippen LogP contribution in [-0.2, 0) is 11.3 Å². The van der Waals surface area contributed by atoms with E-state index in [0.29, 0.717) is 5.76 Å². The second kappa shape index (κ2) is 7.67. The Bertz CT molecular complexity index is 653. The van der Waals surface area contributed by atoms with Crippen molar-refractivity contribution < 1.29 is 14.0 Å². The number of hydrogen-bond donors (Lipinski definition) is 3. The van der Waals surface area contributed by atoms with Gasteiger partial charge in [-0.05, 0) is 31.4 Å². The van der Waals surface area contributed by atoms with Crippen molar-refractivity contribution in [3.63, 3.8) is 0 Å². The lowest BCUT2D eigenvalue weighted by molar-refractivity contribution is -0.121. The molecule has 0 aliphatic heterocycles. The highest BCUT2D eigenvalue weighted by atomic mass is 16.3. The zero-order valence-electron chi connectivity index (χ0n) is 13.3. The molecule has 1 saturated carbocycles. The Labute approximate surface area is 139 Å². The minimum absolute atomic E-state index is 0.0584. The van der Waals surface area contributed by atoms with Gasteiger partial charge in [0.05, 0.1) is 31.7 Å². The molecule has 1 aliphatic rings. The number of furan rings is 1. The summed E-state index contributed by atoms with van der Waals surface area (Å²) < 4.78 is 7.15. The smallest absolute Gasteiger partial charge is 0.315 e. The van der Waals surface area contributed by atoms with Crippen molar-refractivity contribution >= 4 is 11.9 Å². The van der Waals surface area contributed by atoms with Gasteiger partial charge in [0.25, 0.3) is 0 Å². The average molecular weight is 331 g/mol. The Balaban J connectivity index is 1.39. The van der Waals surface area contributed by atoms with Gasteiger partial charge < -0.3 is 24.9 Å². The van der Waals surface area contributed by atoms with Gasteiger partial charge in [-0.25, -0.2) is 9.78 Å². The van der Waals surface area contributed by atoms with Crippen molar-refractivity contribution in [1.29, 1.82) is 0 Å². The van der Waals surface area contributed by atoms with E-state index in [1.165, 1.54) is 0 Å². The number of carbonyl (C=O) groups is 2. The van der Waals surface area contributed by atoms with E-state index in [-0.39, 0.29) is 31.1 Å². The number of aromatic nitrogens is 2. The maximum atomic E-state index is 12.1. The van der Waals surface area contributed by atoms with Crippen LogP contribution in [0.5, 0.6) is 0 Å². The molecule has 128 valence electrons. The summed E-state index contributed by atoms with van der Waals surface area (Å²) in [5.74, 6) is 0.462. The van der Waals surface area contributed by atoms with E-state index < -0.39 is 6.03 Å². The van der Waals surface area contributed by atoms with Gasteiger partial charge in [0.1, 0.15) is 5.76 Å². The largest absolute Gasteiger partial charge is 0.467 e. The van der Waals surface area contributed by atoms with Gasteiger partial charge in [0.2, 0.25) is 5.91 Å². The molecule has 8 nitrogen and oxygen atoms in total. The predicted octanol–water partition coefficient (Wildman–Crippen LogP) is 1.19. The van der Waals surface area contributed by atoms with Crippen LogP contribution in [0.15, 0.2) is 41.5 Å². The standard InChI is InChI=1S/C16H21N5O3/c22-15(10-19-16(23)18-9-12-3-2-8-24-12)20-13-4-1-5-14(13)21-7-6-17-11-21/h2-3,6-8,11,13-14H,1,4-5,9-10H2,(H,20,22)(H2,18,19,23)/t13-,14-/m1/s1. The summed E-state index contributed by atoms with van der Waals surface area (Å²) in [7, 11) is 0. The Morgan fingerprint density at radius 1 is 1.33 bits per heavy atom. The topological polar surface area (TPSA) is 101 Å². The zero-order chi connectivity index (χ0) is 16.8. The fourth-order valence-corrected chi connectivity index (χ4v) is 2.99. The molecule has 0 bridgehead atoms. The average Bonchev–Trinajstić information content (AvgIpc) is 3.31. The van der Waals surface area contributed by atoms with E-state index in [9.17, 15) is 9.59 Å². The minimum Gasteiger partial charge on any atom is -0.467 e. The quantitative estimate of drug-likeness (QED) is 0.740. The normalized spacial score (nSPS) is 19.8. The lowest BCUT2D eigenvalue weighted by Gasteiger charge is -2.22. The lowest BCUT2D eigenvalue weighted by atomic mass is 10.1. The third kappa shape index (κ3) is 4.15. The first-order chi connectivity index (χ1) is 11.7. The third-order valence-electron chi connectivity index (χ3n) is 4.15. The lowest BCUT2D eigenvalue weighted by Crippen LogP contribution is -2.45. The summed E-state index contributed by atoms with van der Waals surface area (Å²) in [5.41, 5.74) is 0. The molecule has 2 heterocycles. The molecule has 3 N–H and O–H groups in total. The molecular formula is C16H21N5O3. The molecule has 0 spiro atoms. The summed E-state index contributed by atoms with van der Waals surface area (Å²) in [6, 6.07) is 3.41. The summed E-state index contributed by atoms with van der Waals surface area (Å²) in [5, 5.41) is 8.17. The van der Waals surface area contributed by atoms with Gasteiger partial charge in [-0.1, -0.05) is 0 Å². The van der Waals surface area contributed by atoms with Crippen molar-refractivity contribution in [3.05, 3.63) is 42.9 Å². The van der Waals surface area contributed by atoms with Gasteiger partial charge in [0.15, 0.2) is 0 Å². The second-order valence-corrected chi connectivity index (χ2v) is 5.80. The molecule has 0 radical (unpaired) electrons. The highest BCUT2D eigenvalue weighted by Crippen LogP contribution is 2.29. The number of carbonyl (C=O) groups excluding carboxylic acids is 2. The van der Waals surface area contributed by atoms with Gasteiger partial charge in [-0.3, -0.25) is 4.79 Å². The number of nitrogens with zero attached hydrogens (tertiary/aromatic N) is 2. The van der Waals surface area contributed by atoms with Crippen LogP contribution in [0.3, 0.4) is 0 Å². The summed E-state index contributed by atoms with van der Waals surface area (Å²) in [4.78, 5) is 27.8. The van der Waals surface area contributed by atoms with Crippen molar-refractivity contribution in [1.82, 2.24) is 25.5 Å². The van der Waals surface area contributed by atoms with Crippen LogP contribution >= 0.6 is 0 Å². The molecule has 0 unspecified atom stereocenters. The van der Waals surface area contributed by atoms with Crippen molar-refractivity contribution in [2.24, 2.45) is 0 Å². The molecular weight excluding hydrogens is 310 g/mol. The Morgan fingerprint density at radius 3 is 3.00 bits per heavy atom. The third-order valence-corrected chi connectivity index (χ3v) is 4.15. The Kier molecular flexibility index (Phi) is 5.15. The van der Waals surface area contributed by atoms with Crippen molar-refractivity contribution in [2.45, 2.75) is 37.9 Å². The zero-order valence-corrected chi connectivity index (χ0v) is 13.3. The molecule has 0 saturated heterocycles. The van der Waals surface area contributed by atoms with Crippen molar-refractivity contribution in [2.75, 3.05) is 6.54 Å². The second-order valence-electron chi connectivity index (χ2n) is 5.80. The first-order valence-electron chi connectivity index (χ1n) is 8.03. The number of rotatable bonds is 6. The van der Waals surface area contributed by atoms with E-state index >= 15 is 0 Å². The highest BCUT2D eigenvalue weighted by molar-refractivity contribution is 5.84. The molecule has 0 aromatic carbocycles. The van der Waals surface area contributed by atoms with Crippen LogP contribution in [0.1, 0.15) is 31.1 Å². The summed E-state index contributed by atoms with van der Waals surface area (Å²) in [6.45, 7) is 0.225. The van der Waals surface area contributed by atoms with Gasteiger partial charge in [-0.2, -0.15) is 0 Å². The molecule has 8 heteroatoms. The van der Waals surface area contributed by atoms with Crippen molar-refractivity contribution in [3.8, 4) is 0 Å². The number of urea groups is 1. The molecule has 2 atom stereocenters. The first-order valence-corrected chi connectivity index (χ1v) is 8.03. The highest BCUT2D eigenvalue weighted by Gasteiger charge is 2.29. The van der Waals surface area contributed by atoms with Crippen LogP contribution < -0.4 is 16.0 Å². The maximum Gasteiger partial charge on any atom is 0.315 e.